The third-order valence-corrected chi connectivity index (χ3v) is 4.82. The largest absolute Gasteiger partial charge is 0.494 e. The van der Waals surface area contributed by atoms with Gasteiger partial charge in [0, 0.05) is 4.47 Å². The number of nitrogens with one attached hydrogen (secondary N) is 1. The van der Waals surface area contributed by atoms with Gasteiger partial charge in [0.2, 0.25) is 0 Å². The van der Waals surface area contributed by atoms with Gasteiger partial charge in [0.1, 0.15) is 5.75 Å². The smallest absolute Gasteiger partial charge is 0.258 e. The molecule has 0 fully saturated rings. The van der Waals surface area contributed by atoms with Crippen LogP contribution in [0.5, 0.6) is 5.75 Å². The van der Waals surface area contributed by atoms with E-state index in [1.54, 1.807) is 18.2 Å². The van der Waals surface area contributed by atoms with Gasteiger partial charge in [0.15, 0.2) is 5.13 Å². The Morgan fingerprint density at radius 1 is 1.35 bits per heavy atom. The quantitative estimate of drug-likeness (QED) is 0.628. The molecule has 1 amide bonds. The number of ether oxygens (including phenoxy) is 1. The molecule has 0 atom stereocenters. The molecule has 0 aliphatic heterocycles. The number of carbonyl (C=O) groups is 1. The van der Waals surface area contributed by atoms with E-state index in [4.69, 9.17) is 16.3 Å². The van der Waals surface area contributed by atoms with E-state index in [9.17, 15) is 4.79 Å². The molecular formula is C16H12BrClN2O2S. The highest BCUT2D eigenvalue weighted by Gasteiger charge is 2.14. The number of hydrogen-bond donors (Lipinski definition) is 1. The van der Waals surface area contributed by atoms with E-state index in [0.717, 1.165) is 20.4 Å². The number of fused-ring (bicyclic) bond motifs is 1. The molecule has 7 heteroatoms. The molecule has 2 aromatic carbocycles. The summed E-state index contributed by atoms with van der Waals surface area (Å²) in [6, 6.07) is 10.8. The highest BCUT2D eigenvalue weighted by atomic mass is 79.9. The van der Waals surface area contributed by atoms with Crippen LogP contribution < -0.4 is 10.1 Å². The van der Waals surface area contributed by atoms with Gasteiger partial charge in [-0.2, -0.15) is 0 Å². The number of thiazole rings is 1. The maximum atomic E-state index is 12.4. The van der Waals surface area contributed by atoms with Gasteiger partial charge in [0.25, 0.3) is 5.91 Å². The average Bonchev–Trinajstić information content (AvgIpc) is 2.91. The summed E-state index contributed by atoms with van der Waals surface area (Å²) in [6.07, 6.45) is 0. The van der Waals surface area contributed by atoms with Crippen molar-refractivity contribution in [3.63, 3.8) is 0 Å². The van der Waals surface area contributed by atoms with Gasteiger partial charge in [-0.05, 0) is 43.3 Å². The van der Waals surface area contributed by atoms with E-state index in [1.165, 1.54) is 11.3 Å². The molecule has 0 aliphatic carbocycles. The van der Waals surface area contributed by atoms with Gasteiger partial charge in [0.05, 0.1) is 27.4 Å². The van der Waals surface area contributed by atoms with Crippen LogP contribution in [0.2, 0.25) is 5.02 Å². The number of amides is 1. The molecule has 0 saturated carbocycles. The topological polar surface area (TPSA) is 51.2 Å². The predicted molar refractivity (Wildman–Crippen MR) is 97.9 cm³/mol. The molecule has 3 rings (SSSR count). The number of aromatic nitrogens is 1. The van der Waals surface area contributed by atoms with Crippen LogP contribution >= 0.6 is 38.9 Å². The molecule has 0 bridgehead atoms. The summed E-state index contributed by atoms with van der Waals surface area (Å²) in [5.41, 5.74) is 1.21. The first-order valence-electron chi connectivity index (χ1n) is 6.86. The second-order valence-corrected chi connectivity index (χ2v) is 7.01. The molecule has 0 spiro atoms. The molecule has 1 aromatic heterocycles. The molecule has 23 heavy (non-hydrogen) atoms. The lowest BCUT2D eigenvalue weighted by Crippen LogP contribution is -2.12. The second kappa shape index (κ2) is 6.86. The van der Waals surface area contributed by atoms with Crippen LogP contribution in [0.4, 0.5) is 5.13 Å². The summed E-state index contributed by atoms with van der Waals surface area (Å²) < 4.78 is 7.21. The summed E-state index contributed by atoms with van der Waals surface area (Å²) in [7, 11) is 0. The zero-order valence-corrected chi connectivity index (χ0v) is 15.3. The van der Waals surface area contributed by atoms with Gasteiger partial charge in [-0.3, -0.25) is 10.1 Å². The standard InChI is InChI=1S/C16H12BrClN2O2S/c1-2-22-10-4-6-13-14(8-10)23-16(19-13)20-15(21)11-7-9(17)3-5-12(11)18/h3-8H,2H2,1H3,(H,19,20,21). The molecule has 0 unspecified atom stereocenters. The Morgan fingerprint density at radius 2 is 2.17 bits per heavy atom. The minimum atomic E-state index is -0.291. The Hall–Kier alpha value is -1.63. The molecule has 0 radical (unpaired) electrons. The van der Waals surface area contributed by atoms with Crippen LogP contribution in [0.25, 0.3) is 10.2 Å². The van der Waals surface area contributed by atoms with Crippen molar-refractivity contribution in [3.05, 3.63) is 51.5 Å². The van der Waals surface area contributed by atoms with Gasteiger partial charge in [-0.15, -0.1) is 0 Å². The van der Waals surface area contributed by atoms with Crippen molar-refractivity contribution >= 4 is 60.1 Å². The lowest BCUT2D eigenvalue weighted by molar-refractivity contribution is 0.102. The lowest BCUT2D eigenvalue weighted by atomic mass is 10.2. The summed E-state index contributed by atoms with van der Waals surface area (Å²) >= 11 is 10.8. The second-order valence-electron chi connectivity index (χ2n) is 4.66. The van der Waals surface area contributed by atoms with E-state index in [0.29, 0.717) is 22.3 Å². The molecule has 0 aliphatic rings. The number of halogens is 2. The van der Waals surface area contributed by atoms with Crippen molar-refractivity contribution in [1.82, 2.24) is 4.98 Å². The Bertz CT molecular complexity index is 882. The normalized spacial score (nSPS) is 10.7. The number of carbonyl (C=O) groups excluding carboxylic acids is 1. The van der Waals surface area contributed by atoms with Crippen molar-refractivity contribution < 1.29 is 9.53 Å². The van der Waals surface area contributed by atoms with E-state index in [-0.39, 0.29) is 5.91 Å². The molecule has 3 aromatic rings. The molecule has 118 valence electrons. The first kappa shape index (κ1) is 16.2. The lowest BCUT2D eigenvalue weighted by Gasteiger charge is -2.04. The molecule has 4 nitrogen and oxygen atoms in total. The fraction of sp³-hybridized carbons (Fsp3) is 0.125. The Morgan fingerprint density at radius 3 is 2.96 bits per heavy atom. The van der Waals surface area contributed by atoms with Crippen molar-refractivity contribution in [2.24, 2.45) is 0 Å². The average molecular weight is 412 g/mol. The molecule has 0 saturated heterocycles. The van der Waals surface area contributed by atoms with Gasteiger partial charge >= 0.3 is 0 Å². The molecule has 1 heterocycles. The van der Waals surface area contributed by atoms with Crippen LogP contribution in [0.15, 0.2) is 40.9 Å². The summed E-state index contributed by atoms with van der Waals surface area (Å²) in [4.78, 5) is 16.8. The van der Waals surface area contributed by atoms with E-state index < -0.39 is 0 Å². The number of hydrogen-bond acceptors (Lipinski definition) is 4. The fourth-order valence-electron chi connectivity index (χ4n) is 2.05. The van der Waals surface area contributed by atoms with Crippen molar-refractivity contribution in [1.29, 1.82) is 0 Å². The number of nitrogens with zero attached hydrogens (tertiary/aromatic N) is 1. The highest BCUT2D eigenvalue weighted by molar-refractivity contribution is 9.10. The van der Waals surface area contributed by atoms with E-state index in [2.05, 4.69) is 26.2 Å². The van der Waals surface area contributed by atoms with Crippen LogP contribution in [0.3, 0.4) is 0 Å². The van der Waals surface area contributed by atoms with Gasteiger partial charge < -0.3 is 4.74 Å². The zero-order valence-electron chi connectivity index (χ0n) is 12.1. The molecular weight excluding hydrogens is 400 g/mol. The van der Waals surface area contributed by atoms with Crippen molar-refractivity contribution in [2.75, 3.05) is 11.9 Å². The fourth-order valence-corrected chi connectivity index (χ4v) is 3.50. The maximum absolute atomic E-state index is 12.4. The summed E-state index contributed by atoms with van der Waals surface area (Å²) in [5.74, 6) is 0.497. The number of anilines is 1. The predicted octanol–water partition coefficient (Wildman–Crippen LogP) is 5.36. The third-order valence-electron chi connectivity index (χ3n) is 3.06. The van der Waals surface area contributed by atoms with Crippen LogP contribution in [0.1, 0.15) is 17.3 Å². The van der Waals surface area contributed by atoms with Crippen LogP contribution in [0, 0.1) is 0 Å². The first-order valence-corrected chi connectivity index (χ1v) is 8.85. The monoisotopic (exact) mass is 410 g/mol. The Labute approximate surface area is 150 Å². The minimum Gasteiger partial charge on any atom is -0.494 e. The van der Waals surface area contributed by atoms with Crippen LogP contribution in [-0.2, 0) is 0 Å². The van der Waals surface area contributed by atoms with Crippen molar-refractivity contribution in [2.45, 2.75) is 6.92 Å². The number of rotatable bonds is 4. The highest BCUT2D eigenvalue weighted by Crippen LogP contribution is 2.30. The summed E-state index contributed by atoms with van der Waals surface area (Å²) in [6.45, 7) is 2.54. The SMILES string of the molecule is CCOc1ccc2nc(NC(=O)c3cc(Br)ccc3Cl)sc2c1. The zero-order chi connectivity index (χ0) is 16.4. The number of benzene rings is 2. The van der Waals surface area contributed by atoms with E-state index in [1.807, 2.05) is 25.1 Å². The Balaban J connectivity index is 1.86. The van der Waals surface area contributed by atoms with Crippen LogP contribution in [-0.4, -0.2) is 17.5 Å². The van der Waals surface area contributed by atoms with Gasteiger partial charge in [-0.25, -0.2) is 4.98 Å². The maximum Gasteiger partial charge on any atom is 0.258 e. The van der Waals surface area contributed by atoms with Crippen molar-refractivity contribution in [3.8, 4) is 5.75 Å². The first-order chi connectivity index (χ1) is 11.1. The minimum absolute atomic E-state index is 0.291. The van der Waals surface area contributed by atoms with E-state index >= 15 is 0 Å². The Kier molecular flexibility index (Phi) is 4.84. The third kappa shape index (κ3) is 3.65. The molecule has 1 N–H and O–H groups in total. The summed E-state index contributed by atoms with van der Waals surface area (Å²) in [5, 5.41) is 3.71. The van der Waals surface area contributed by atoms with Gasteiger partial charge in [-0.1, -0.05) is 38.9 Å².